The molecule has 7 heteroatoms. The number of likely N-dealkylation sites (tertiary alicyclic amines) is 1. The van der Waals surface area contributed by atoms with Crippen LogP contribution >= 0.6 is 0 Å². The van der Waals surface area contributed by atoms with E-state index in [1.807, 2.05) is 22.7 Å². The van der Waals surface area contributed by atoms with Gasteiger partial charge in [-0.25, -0.2) is 4.79 Å². The molecule has 0 bridgehead atoms. The Morgan fingerprint density at radius 1 is 1.43 bits per heavy atom. The number of aromatic nitrogens is 3. The first kappa shape index (κ1) is 15.5. The zero-order chi connectivity index (χ0) is 16.2. The molecule has 1 aliphatic rings. The van der Waals surface area contributed by atoms with Crippen LogP contribution in [0.1, 0.15) is 24.6 Å². The number of nitrogens with zero attached hydrogens (tertiary/aromatic N) is 4. The van der Waals surface area contributed by atoms with Crippen LogP contribution in [0.15, 0.2) is 31.0 Å². The van der Waals surface area contributed by atoms with Crippen LogP contribution in [0.3, 0.4) is 0 Å². The lowest BCUT2D eigenvalue weighted by molar-refractivity contribution is 0.250. The quantitative estimate of drug-likeness (QED) is 0.845. The molecular formula is C16H22N6O. The van der Waals surface area contributed by atoms with Gasteiger partial charge in [-0.15, -0.1) is 16.8 Å². The lowest BCUT2D eigenvalue weighted by Gasteiger charge is -2.27. The van der Waals surface area contributed by atoms with E-state index in [9.17, 15) is 4.79 Å². The van der Waals surface area contributed by atoms with E-state index in [4.69, 9.17) is 0 Å². The maximum absolute atomic E-state index is 11.8. The highest BCUT2D eigenvalue weighted by Crippen LogP contribution is 2.27. The standard InChI is InChI=1S/C16H22N6O/c1-3-8-17-16(23)18-13-5-4-9-22-14(19-20-15(13)22)12-6-10-21(2)11-7-12/h3-5,9,12H,1,6-8,10-11H2,2H3,(H2,17,18,23). The van der Waals surface area contributed by atoms with E-state index in [1.165, 1.54) is 0 Å². The molecule has 7 nitrogen and oxygen atoms in total. The molecule has 0 saturated carbocycles. The number of rotatable bonds is 4. The minimum absolute atomic E-state index is 0.276. The van der Waals surface area contributed by atoms with Gasteiger partial charge in [0.05, 0.1) is 5.69 Å². The van der Waals surface area contributed by atoms with Gasteiger partial charge in [-0.2, -0.15) is 0 Å². The fourth-order valence-corrected chi connectivity index (χ4v) is 2.91. The Hall–Kier alpha value is -2.41. The molecule has 3 heterocycles. The molecule has 122 valence electrons. The summed E-state index contributed by atoms with van der Waals surface area (Å²) in [6, 6.07) is 3.45. The van der Waals surface area contributed by atoms with Gasteiger partial charge >= 0.3 is 6.03 Å². The predicted molar refractivity (Wildman–Crippen MR) is 89.7 cm³/mol. The molecule has 0 aromatic carbocycles. The van der Waals surface area contributed by atoms with Gasteiger partial charge < -0.3 is 15.5 Å². The smallest absolute Gasteiger partial charge is 0.319 e. The zero-order valence-electron chi connectivity index (χ0n) is 13.3. The van der Waals surface area contributed by atoms with Crippen LogP contribution in [-0.2, 0) is 0 Å². The minimum Gasteiger partial charge on any atom is -0.334 e. The summed E-state index contributed by atoms with van der Waals surface area (Å²) in [5, 5.41) is 14.2. The second-order valence-electron chi connectivity index (χ2n) is 5.87. The Bertz CT molecular complexity index is 702. The Balaban J connectivity index is 1.82. The molecular weight excluding hydrogens is 292 g/mol. The van der Waals surface area contributed by atoms with Crippen molar-refractivity contribution in [1.82, 2.24) is 24.8 Å². The molecule has 0 spiro atoms. The first-order valence-corrected chi connectivity index (χ1v) is 7.87. The van der Waals surface area contributed by atoms with Crippen molar-refractivity contribution in [3.63, 3.8) is 0 Å². The third-order valence-electron chi connectivity index (χ3n) is 4.20. The molecule has 0 aliphatic carbocycles. The molecule has 0 radical (unpaired) electrons. The van der Waals surface area contributed by atoms with Crippen molar-refractivity contribution in [2.24, 2.45) is 0 Å². The Labute approximate surface area is 135 Å². The van der Waals surface area contributed by atoms with E-state index in [0.29, 0.717) is 23.8 Å². The van der Waals surface area contributed by atoms with E-state index in [1.54, 1.807) is 6.08 Å². The molecule has 3 rings (SSSR count). The SMILES string of the molecule is C=CCNC(=O)Nc1cccn2c(C3CCN(C)CC3)nnc12. The van der Waals surface area contributed by atoms with Crippen molar-refractivity contribution in [2.75, 3.05) is 32.0 Å². The Morgan fingerprint density at radius 3 is 2.96 bits per heavy atom. The number of urea groups is 1. The van der Waals surface area contributed by atoms with E-state index in [0.717, 1.165) is 31.8 Å². The molecule has 1 fully saturated rings. The zero-order valence-corrected chi connectivity index (χ0v) is 13.3. The molecule has 2 aromatic rings. The first-order valence-electron chi connectivity index (χ1n) is 7.87. The van der Waals surface area contributed by atoms with Crippen molar-refractivity contribution >= 4 is 17.4 Å². The molecule has 1 saturated heterocycles. The van der Waals surface area contributed by atoms with E-state index < -0.39 is 0 Å². The Morgan fingerprint density at radius 2 is 2.22 bits per heavy atom. The third kappa shape index (κ3) is 3.34. The van der Waals surface area contributed by atoms with Crippen LogP contribution in [0.5, 0.6) is 0 Å². The second kappa shape index (κ2) is 6.78. The number of amides is 2. The van der Waals surface area contributed by atoms with Crippen molar-refractivity contribution in [2.45, 2.75) is 18.8 Å². The molecule has 0 atom stereocenters. The number of nitrogens with one attached hydrogen (secondary N) is 2. The number of anilines is 1. The van der Waals surface area contributed by atoms with Crippen LogP contribution in [0, 0.1) is 0 Å². The van der Waals surface area contributed by atoms with Crippen LogP contribution in [-0.4, -0.2) is 52.2 Å². The van der Waals surface area contributed by atoms with Crippen LogP contribution in [0.25, 0.3) is 5.65 Å². The van der Waals surface area contributed by atoms with E-state index >= 15 is 0 Å². The number of carbonyl (C=O) groups excluding carboxylic acids is 1. The highest BCUT2D eigenvalue weighted by molar-refractivity contribution is 5.93. The molecule has 2 N–H and O–H groups in total. The maximum Gasteiger partial charge on any atom is 0.319 e. The van der Waals surface area contributed by atoms with Crippen LogP contribution in [0.2, 0.25) is 0 Å². The highest BCUT2D eigenvalue weighted by Gasteiger charge is 2.23. The summed E-state index contributed by atoms with van der Waals surface area (Å²) in [7, 11) is 2.14. The van der Waals surface area contributed by atoms with Gasteiger partial charge in [0.25, 0.3) is 0 Å². The van der Waals surface area contributed by atoms with Gasteiger partial charge in [-0.1, -0.05) is 6.08 Å². The minimum atomic E-state index is -0.276. The lowest BCUT2D eigenvalue weighted by Crippen LogP contribution is -2.30. The monoisotopic (exact) mass is 314 g/mol. The Kier molecular flexibility index (Phi) is 4.57. The van der Waals surface area contributed by atoms with E-state index in [-0.39, 0.29) is 6.03 Å². The topological polar surface area (TPSA) is 74.6 Å². The fourth-order valence-electron chi connectivity index (χ4n) is 2.91. The molecule has 2 aromatic heterocycles. The highest BCUT2D eigenvalue weighted by atomic mass is 16.2. The summed E-state index contributed by atoms with van der Waals surface area (Å²) in [5.74, 6) is 1.38. The molecule has 0 unspecified atom stereocenters. The largest absolute Gasteiger partial charge is 0.334 e. The summed E-state index contributed by atoms with van der Waals surface area (Å²) in [4.78, 5) is 14.2. The molecule has 1 aliphatic heterocycles. The number of hydrogen-bond acceptors (Lipinski definition) is 4. The summed E-state index contributed by atoms with van der Waals surface area (Å²) in [6.45, 7) is 6.14. The second-order valence-corrected chi connectivity index (χ2v) is 5.87. The number of piperidine rings is 1. The van der Waals surface area contributed by atoms with Crippen molar-refractivity contribution in [3.8, 4) is 0 Å². The van der Waals surface area contributed by atoms with Crippen molar-refractivity contribution in [3.05, 3.63) is 36.8 Å². The van der Waals surface area contributed by atoms with Gasteiger partial charge in [0.2, 0.25) is 0 Å². The average Bonchev–Trinajstić information content (AvgIpc) is 2.99. The number of fused-ring (bicyclic) bond motifs is 1. The third-order valence-corrected chi connectivity index (χ3v) is 4.20. The molecule has 23 heavy (non-hydrogen) atoms. The molecule has 2 amide bonds. The predicted octanol–water partition coefficient (Wildman–Crippen LogP) is 1.85. The van der Waals surface area contributed by atoms with Gasteiger partial charge in [0.15, 0.2) is 5.65 Å². The summed E-state index contributed by atoms with van der Waals surface area (Å²) in [5.41, 5.74) is 1.33. The van der Waals surface area contributed by atoms with Gasteiger partial charge in [-0.3, -0.25) is 4.40 Å². The maximum atomic E-state index is 11.8. The number of carbonyl (C=O) groups is 1. The van der Waals surface area contributed by atoms with Crippen molar-refractivity contribution in [1.29, 1.82) is 0 Å². The fraction of sp³-hybridized carbons (Fsp3) is 0.438. The van der Waals surface area contributed by atoms with Gasteiger partial charge in [0, 0.05) is 18.7 Å². The number of hydrogen-bond donors (Lipinski definition) is 2. The van der Waals surface area contributed by atoms with Gasteiger partial charge in [0.1, 0.15) is 5.82 Å². The summed E-state index contributed by atoms with van der Waals surface area (Å²) < 4.78 is 1.99. The number of pyridine rings is 1. The van der Waals surface area contributed by atoms with Crippen molar-refractivity contribution < 1.29 is 4.79 Å². The summed E-state index contributed by atoms with van der Waals surface area (Å²) >= 11 is 0. The van der Waals surface area contributed by atoms with Gasteiger partial charge in [-0.05, 0) is 45.1 Å². The normalized spacial score (nSPS) is 16.4. The average molecular weight is 314 g/mol. The first-order chi connectivity index (χ1) is 11.2. The summed E-state index contributed by atoms with van der Waals surface area (Å²) in [6.07, 6.45) is 5.74. The van der Waals surface area contributed by atoms with Crippen LogP contribution in [0.4, 0.5) is 10.5 Å². The van der Waals surface area contributed by atoms with Crippen LogP contribution < -0.4 is 10.6 Å². The lowest BCUT2D eigenvalue weighted by atomic mass is 9.96. The van der Waals surface area contributed by atoms with E-state index in [2.05, 4.69) is 39.4 Å².